The minimum atomic E-state index is -0.336. The number of fused-ring (bicyclic) bond motifs is 1. The van der Waals surface area contributed by atoms with Gasteiger partial charge in [0.1, 0.15) is 16.9 Å². The molecule has 0 saturated carbocycles. The predicted octanol–water partition coefficient (Wildman–Crippen LogP) is 5.13. The van der Waals surface area contributed by atoms with Gasteiger partial charge in [0.25, 0.3) is 5.91 Å². The molecule has 0 atom stereocenters. The molecule has 1 aromatic heterocycles. The first-order valence-electron chi connectivity index (χ1n) is 11.9. The van der Waals surface area contributed by atoms with Crippen LogP contribution < -0.4 is 0 Å². The van der Waals surface area contributed by atoms with Crippen LogP contribution in [0.25, 0.3) is 11.0 Å². The molecule has 2 heterocycles. The summed E-state index contributed by atoms with van der Waals surface area (Å²) in [6.07, 6.45) is 2.79. The molecule has 0 spiro atoms. The van der Waals surface area contributed by atoms with E-state index in [1.165, 1.54) is 0 Å². The van der Waals surface area contributed by atoms with Gasteiger partial charge in [0.05, 0.1) is 13.2 Å². The molecule has 0 unspecified atom stereocenters. The van der Waals surface area contributed by atoms with Crippen LogP contribution in [-0.2, 0) is 11.3 Å². The van der Waals surface area contributed by atoms with Gasteiger partial charge in [0.15, 0.2) is 0 Å². The number of para-hydroxylation sites is 1. The lowest BCUT2D eigenvalue weighted by molar-refractivity contribution is 0.0512. The minimum Gasteiger partial charge on any atom is -0.462 e. The monoisotopic (exact) mass is 448 g/mol. The van der Waals surface area contributed by atoms with Crippen molar-refractivity contribution in [3.05, 3.63) is 71.5 Å². The Bertz CT molecular complexity index is 1080. The minimum absolute atomic E-state index is 0.0953. The molecule has 1 aliphatic rings. The number of ether oxygens (including phenoxy) is 1. The molecule has 0 bridgehead atoms. The zero-order valence-corrected chi connectivity index (χ0v) is 19.5. The summed E-state index contributed by atoms with van der Waals surface area (Å²) in [5.41, 5.74) is 1.98. The smallest absolute Gasteiger partial charge is 0.342 e. The number of carbonyl (C=O) groups excluding carboxylic acids is 2. The Morgan fingerprint density at radius 2 is 1.73 bits per heavy atom. The average Bonchev–Trinajstić information content (AvgIpc) is 3.22. The third-order valence-electron chi connectivity index (χ3n) is 6.29. The van der Waals surface area contributed by atoms with Gasteiger partial charge in [-0.05, 0) is 50.9 Å². The summed E-state index contributed by atoms with van der Waals surface area (Å²) >= 11 is 0. The molecule has 174 valence electrons. The number of hydrogen-bond acceptors (Lipinski definition) is 5. The number of hydrogen-bond donors (Lipinski definition) is 0. The van der Waals surface area contributed by atoms with Crippen molar-refractivity contribution in [3.63, 3.8) is 0 Å². The van der Waals surface area contributed by atoms with Crippen molar-refractivity contribution >= 4 is 22.8 Å². The van der Waals surface area contributed by atoms with Crippen LogP contribution in [0, 0.1) is 0 Å². The number of carbonyl (C=O) groups is 2. The summed E-state index contributed by atoms with van der Waals surface area (Å²) in [5.74, 6) is 0.418. The van der Waals surface area contributed by atoms with Crippen molar-refractivity contribution in [2.24, 2.45) is 0 Å². The van der Waals surface area contributed by atoms with E-state index in [0.717, 1.165) is 49.8 Å². The Balaban J connectivity index is 1.50. The molecule has 1 aliphatic heterocycles. The van der Waals surface area contributed by atoms with Gasteiger partial charge < -0.3 is 14.1 Å². The van der Waals surface area contributed by atoms with Crippen LogP contribution >= 0.6 is 0 Å². The van der Waals surface area contributed by atoms with Crippen molar-refractivity contribution in [2.75, 3.05) is 26.2 Å². The number of esters is 1. The second-order valence-corrected chi connectivity index (χ2v) is 8.48. The van der Waals surface area contributed by atoms with Gasteiger partial charge in [0.2, 0.25) is 0 Å². The van der Waals surface area contributed by atoms with Crippen LogP contribution in [0.15, 0.2) is 59.0 Å². The highest BCUT2D eigenvalue weighted by atomic mass is 16.5. The standard InChI is InChI=1S/C27H32N2O4/c1-3-16-29(21-14-17-28(18-15-21)26(30)20-10-6-5-7-11-20)19-24-25(27(31)32-4-2)22-12-8-9-13-23(22)33-24/h5-13,21H,3-4,14-19H2,1-2H3. The molecule has 2 aromatic carbocycles. The molecule has 33 heavy (non-hydrogen) atoms. The molecule has 1 amide bonds. The molecule has 1 saturated heterocycles. The average molecular weight is 449 g/mol. The third kappa shape index (κ3) is 5.11. The highest BCUT2D eigenvalue weighted by molar-refractivity contribution is 6.04. The Morgan fingerprint density at radius 1 is 1.03 bits per heavy atom. The number of piperidine rings is 1. The Hall–Kier alpha value is -3.12. The van der Waals surface area contributed by atoms with Crippen molar-refractivity contribution in [2.45, 2.75) is 45.7 Å². The lowest BCUT2D eigenvalue weighted by atomic mass is 10.0. The molecule has 0 aliphatic carbocycles. The topological polar surface area (TPSA) is 63.0 Å². The van der Waals surface area contributed by atoms with Gasteiger partial charge in [-0.25, -0.2) is 4.79 Å². The van der Waals surface area contributed by atoms with Crippen LogP contribution in [0.1, 0.15) is 59.6 Å². The van der Waals surface area contributed by atoms with E-state index in [-0.39, 0.29) is 11.9 Å². The van der Waals surface area contributed by atoms with Gasteiger partial charge in [-0.15, -0.1) is 0 Å². The maximum atomic E-state index is 12.8. The maximum absolute atomic E-state index is 12.8. The van der Waals surface area contributed by atoms with Crippen LogP contribution in [0.2, 0.25) is 0 Å². The highest BCUT2D eigenvalue weighted by Gasteiger charge is 2.30. The zero-order valence-electron chi connectivity index (χ0n) is 19.5. The number of benzene rings is 2. The van der Waals surface area contributed by atoms with Crippen molar-refractivity contribution in [1.29, 1.82) is 0 Å². The van der Waals surface area contributed by atoms with E-state index < -0.39 is 0 Å². The molecular formula is C27H32N2O4. The molecule has 0 N–H and O–H groups in total. The molecule has 0 radical (unpaired) electrons. The number of amides is 1. The fourth-order valence-corrected chi connectivity index (χ4v) is 4.69. The Kier molecular flexibility index (Phi) is 7.45. The van der Waals surface area contributed by atoms with Gasteiger partial charge >= 0.3 is 5.97 Å². The largest absolute Gasteiger partial charge is 0.462 e. The fourth-order valence-electron chi connectivity index (χ4n) is 4.69. The van der Waals surface area contributed by atoms with Crippen LogP contribution in [0.4, 0.5) is 0 Å². The summed E-state index contributed by atoms with van der Waals surface area (Å²) < 4.78 is 11.5. The predicted molar refractivity (Wildman–Crippen MR) is 128 cm³/mol. The zero-order chi connectivity index (χ0) is 23.2. The van der Waals surface area contributed by atoms with E-state index in [2.05, 4.69) is 11.8 Å². The summed E-state index contributed by atoms with van der Waals surface area (Å²) in [5, 5.41) is 0.797. The quantitative estimate of drug-likeness (QED) is 0.447. The van der Waals surface area contributed by atoms with E-state index in [4.69, 9.17) is 9.15 Å². The number of nitrogens with zero attached hydrogens (tertiary/aromatic N) is 2. The number of furan rings is 1. The number of likely N-dealkylation sites (tertiary alicyclic amines) is 1. The second kappa shape index (κ2) is 10.7. The van der Waals surface area contributed by atoms with E-state index in [1.807, 2.05) is 66.4 Å². The normalized spacial score (nSPS) is 14.7. The lowest BCUT2D eigenvalue weighted by Gasteiger charge is -2.38. The SMILES string of the molecule is CCCN(Cc1oc2ccccc2c1C(=O)OCC)C1CCN(C(=O)c2ccccc2)CC1. The van der Waals surface area contributed by atoms with Crippen LogP contribution in [-0.4, -0.2) is 54.0 Å². The van der Waals surface area contributed by atoms with Gasteiger partial charge in [-0.1, -0.05) is 43.3 Å². The first-order chi connectivity index (χ1) is 16.1. The summed E-state index contributed by atoms with van der Waals surface area (Å²) in [4.78, 5) is 29.9. The maximum Gasteiger partial charge on any atom is 0.342 e. The van der Waals surface area contributed by atoms with E-state index in [0.29, 0.717) is 36.1 Å². The molecule has 1 fully saturated rings. The molecule has 6 heteroatoms. The Labute approximate surface area is 195 Å². The molecule has 3 aromatic rings. The summed E-state index contributed by atoms with van der Waals surface area (Å²) in [6.45, 7) is 7.20. The molecule has 6 nitrogen and oxygen atoms in total. The van der Waals surface area contributed by atoms with E-state index in [9.17, 15) is 9.59 Å². The van der Waals surface area contributed by atoms with Gasteiger partial charge in [-0.3, -0.25) is 9.69 Å². The van der Waals surface area contributed by atoms with E-state index in [1.54, 1.807) is 0 Å². The first kappa shape index (κ1) is 23.1. The van der Waals surface area contributed by atoms with E-state index >= 15 is 0 Å². The van der Waals surface area contributed by atoms with Gasteiger partial charge in [0, 0.05) is 30.1 Å². The van der Waals surface area contributed by atoms with Gasteiger partial charge in [-0.2, -0.15) is 0 Å². The fraction of sp³-hybridized carbons (Fsp3) is 0.407. The summed E-state index contributed by atoms with van der Waals surface area (Å²) in [7, 11) is 0. The first-order valence-corrected chi connectivity index (χ1v) is 11.9. The van der Waals surface area contributed by atoms with Crippen LogP contribution in [0.5, 0.6) is 0 Å². The third-order valence-corrected chi connectivity index (χ3v) is 6.29. The second-order valence-electron chi connectivity index (χ2n) is 8.48. The Morgan fingerprint density at radius 3 is 2.42 bits per heavy atom. The van der Waals surface area contributed by atoms with Crippen molar-refractivity contribution in [3.8, 4) is 0 Å². The van der Waals surface area contributed by atoms with Crippen molar-refractivity contribution < 1.29 is 18.7 Å². The number of rotatable bonds is 8. The molecular weight excluding hydrogens is 416 g/mol. The summed E-state index contributed by atoms with van der Waals surface area (Å²) in [6, 6.07) is 17.4. The highest BCUT2D eigenvalue weighted by Crippen LogP contribution is 2.29. The van der Waals surface area contributed by atoms with Crippen LogP contribution in [0.3, 0.4) is 0 Å². The molecule has 4 rings (SSSR count). The van der Waals surface area contributed by atoms with Crippen molar-refractivity contribution in [1.82, 2.24) is 9.80 Å². The lowest BCUT2D eigenvalue weighted by Crippen LogP contribution is -2.46.